The molecule has 1 aliphatic carbocycles. The molecule has 3 aromatic rings. The first-order chi connectivity index (χ1) is 19.0. The van der Waals surface area contributed by atoms with E-state index < -0.39 is 5.97 Å². The van der Waals surface area contributed by atoms with Crippen LogP contribution >= 0.6 is 23.2 Å². The smallest absolute Gasteiger partial charge is 0.341 e. The van der Waals surface area contributed by atoms with Crippen molar-refractivity contribution in [2.24, 2.45) is 0 Å². The highest BCUT2D eigenvalue weighted by Crippen LogP contribution is 2.35. The van der Waals surface area contributed by atoms with E-state index >= 15 is 0 Å². The third kappa shape index (κ3) is 6.78. The normalized spacial score (nSPS) is 16.6. The minimum atomic E-state index is -0.443. The van der Waals surface area contributed by atoms with Crippen molar-refractivity contribution < 1.29 is 14.3 Å². The number of para-hydroxylation sites is 1. The lowest BCUT2D eigenvalue weighted by atomic mass is 9.95. The molecule has 0 bridgehead atoms. The molecule has 1 saturated heterocycles. The van der Waals surface area contributed by atoms with Crippen molar-refractivity contribution in [3.8, 4) is 11.5 Å². The molecule has 0 atom stereocenters. The molecule has 0 aromatic heterocycles. The molecule has 1 aliphatic heterocycles. The van der Waals surface area contributed by atoms with Gasteiger partial charge in [-0.2, -0.15) is 0 Å². The Labute approximate surface area is 240 Å². The summed E-state index contributed by atoms with van der Waals surface area (Å²) >= 11 is 12.5. The third-order valence-corrected chi connectivity index (χ3v) is 8.17. The number of nitrogens with zero attached hydrogens (tertiary/aromatic N) is 2. The zero-order chi connectivity index (χ0) is 27.2. The Bertz CT molecular complexity index is 1330. The van der Waals surface area contributed by atoms with Crippen LogP contribution in [0.3, 0.4) is 0 Å². The standard InChI is InChI=1S/C32H34Cl2N2O3/c1-38-32(37)28-16-15-26(21-31(28)39-30-10-6-5-9-29(30)34)36-19-17-35(18-20-36)22-24-7-3-2-4-8-27(24)23-11-13-25(33)14-12-23/h5-6,9-16,21H,2-4,7-8,17-20,22H2,1H3. The van der Waals surface area contributed by atoms with Crippen LogP contribution in [0, 0.1) is 0 Å². The monoisotopic (exact) mass is 564 g/mol. The second-order valence-corrected chi connectivity index (χ2v) is 11.0. The molecule has 3 aromatic carbocycles. The molecular formula is C32H34Cl2N2O3. The van der Waals surface area contributed by atoms with Gasteiger partial charge in [-0.1, -0.05) is 59.5 Å². The molecule has 0 saturated carbocycles. The van der Waals surface area contributed by atoms with E-state index in [0.717, 1.165) is 56.3 Å². The van der Waals surface area contributed by atoms with Crippen molar-refractivity contribution in [3.63, 3.8) is 0 Å². The van der Waals surface area contributed by atoms with E-state index in [-0.39, 0.29) is 0 Å². The number of allylic oxidation sites excluding steroid dienone is 1. The molecule has 1 heterocycles. The number of rotatable bonds is 7. The fourth-order valence-corrected chi connectivity index (χ4v) is 5.77. The second-order valence-electron chi connectivity index (χ2n) is 10.1. The van der Waals surface area contributed by atoms with Crippen LogP contribution in [-0.2, 0) is 4.74 Å². The van der Waals surface area contributed by atoms with Crippen molar-refractivity contribution in [2.75, 3.05) is 44.7 Å². The maximum absolute atomic E-state index is 12.4. The summed E-state index contributed by atoms with van der Waals surface area (Å²) in [6.45, 7) is 4.74. The van der Waals surface area contributed by atoms with Gasteiger partial charge < -0.3 is 14.4 Å². The van der Waals surface area contributed by atoms with Crippen LogP contribution in [0.25, 0.3) is 5.57 Å². The highest BCUT2D eigenvalue weighted by molar-refractivity contribution is 6.32. The number of hydrogen-bond acceptors (Lipinski definition) is 5. The molecule has 0 radical (unpaired) electrons. The number of hydrogen-bond donors (Lipinski definition) is 0. The number of piperazine rings is 1. The Hall–Kier alpha value is -2.99. The number of carbonyl (C=O) groups excluding carboxylic acids is 1. The zero-order valence-corrected chi connectivity index (χ0v) is 23.8. The van der Waals surface area contributed by atoms with Crippen LogP contribution in [0.2, 0.25) is 10.0 Å². The summed E-state index contributed by atoms with van der Waals surface area (Å²) in [5.74, 6) is 0.493. The molecule has 2 aliphatic rings. The summed E-state index contributed by atoms with van der Waals surface area (Å²) in [5.41, 5.74) is 5.77. The molecular weight excluding hydrogens is 531 g/mol. The van der Waals surface area contributed by atoms with Gasteiger partial charge in [-0.15, -0.1) is 0 Å². The fourth-order valence-electron chi connectivity index (χ4n) is 5.47. The third-order valence-electron chi connectivity index (χ3n) is 7.60. The number of carbonyl (C=O) groups is 1. The predicted molar refractivity (Wildman–Crippen MR) is 159 cm³/mol. The van der Waals surface area contributed by atoms with Crippen LogP contribution in [0.15, 0.2) is 72.3 Å². The lowest BCUT2D eigenvalue weighted by Gasteiger charge is -2.37. The van der Waals surface area contributed by atoms with Gasteiger partial charge in [0.25, 0.3) is 0 Å². The Kier molecular flexibility index (Phi) is 9.13. The van der Waals surface area contributed by atoms with Gasteiger partial charge >= 0.3 is 5.97 Å². The zero-order valence-electron chi connectivity index (χ0n) is 22.3. The van der Waals surface area contributed by atoms with Crippen molar-refractivity contribution >= 4 is 40.4 Å². The minimum absolute atomic E-state index is 0.370. The molecule has 204 valence electrons. The number of benzene rings is 3. The Morgan fingerprint density at radius 3 is 2.33 bits per heavy atom. The van der Waals surface area contributed by atoms with Crippen LogP contribution in [-0.4, -0.2) is 50.7 Å². The summed E-state index contributed by atoms with van der Waals surface area (Å²) in [6, 6.07) is 21.2. The van der Waals surface area contributed by atoms with E-state index in [1.807, 2.05) is 36.4 Å². The average molecular weight is 566 g/mol. The van der Waals surface area contributed by atoms with E-state index in [1.165, 1.54) is 37.5 Å². The van der Waals surface area contributed by atoms with Gasteiger partial charge in [0.15, 0.2) is 0 Å². The minimum Gasteiger partial charge on any atom is -0.465 e. The van der Waals surface area contributed by atoms with Gasteiger partial charge in [0.1, 0.15) is 17.1 Å². The Balaban J connectivity index is 1.30. The van der Waals surface area contributed by atoms with Crippen molar-refractivity contribution in [3.05, 3.63) is 93.5 Å². The van der Waals surface area contributed by atoms with E-state index in [1.54, 1.807) is 23.8 Å². The Morgan fingerprint density at radius 1 is 0.846 bits per heavy atom. The Morgan fingerprint density at radius 2 is 1.59 bits per heavy atom. The van der Waals surface area contributed by atoms with Crippen molar-refractivity contribution in [1.29, 1.82) is 0 Å². The van der Waals surface area contributed by atoms with E-state index in [9.17, 15) is 4.79 Å². The summed E-state index contributed by atoms with van der Waals surface area (Å²) in [4.78, 5) is 17.3. The van der Waals surface area contributed by atoms with Crippen molar-refractivity contribution in [2.45, 2.75) is 32.1 Å². The summed E-state index contributed by atoms with van der Waals surface area (Å²) in [5, 5.41) is 1.27. The average Bonchev–Trinajstić information content (AvgIpc) is 3.20. The summed E-state index contributed by atoms with van der Waals surface area (Å²) in [7, 11) is 1.37. The largest absolute Gasteiger partial charge is 0.465 e. The molecule has 7 heteroatoms. The summed E-state index contributed by atoms with van der Waals surface area (Å²) in [6.07, 6.45) is 6.09. The van der Waals surface area contributed by atoms with E-state index in [4.69, 9.17) is 32.7 Å². The number of halogens is 2. The lowest BCUT2D eigenvalue weighted by molar-refractivity contribution is 0.0598. The molecule has 1 fully saturated rings. The van der Waals surface area contributed by atoms with Gasteiger partial charge in [-0.25, -0.2) is 4.79 Å². The maximum atomic E-state index is 12.4. The SMILES string of the molecule is COC(=O)c1ccc(N2CCN(CC3=C(c4ccc(Cl)cc4)CCCCC3)CC2)cc1Oc1ccccc1Cl. The van der Waals surface area contributed by atoms with Crippen LogP contribution in [0.5, 0.6) is 11.5 Å². The molecule has 0 unspecified atom stereocenters. The number of methoxy groups -OCH3 is 1. The summed E-state index contributed by atoms with van der Waals surface area (Å²) < 4.78 is 11.1. The van der Waals surface area contributed by atoms with Crippen molar-refractivity contribution in [1.82, 2.24) is 4.90 Å². The molecule has 5 rings (SSSR count). The first kappa shape index (κ1) is 27.6. The van der Waals surface area contributed by atoms with Crippen LogP contribution < -0.4 is 9.64 Å². The highest BCUT2D eigenvalue weighted by atomic mass is 35.5. The highest BCUT2D eigenvalue weighted by Gasteiger charge is 2.23. The number of ether oxygens (including phenoxy) is 2. The van der Waals surface area contributed by atoms with E-state index in [0.29, 0.717) is 22.1 Å². The first-order valence-corrected chi connectivity index (χ1v) is 14.4. The van der Waals surface area contributed by atoms with Crippen LogP contribution in [0.1, 0.15) is 48.0 Å². The molecule has 0 spiro atoms. The second kappa shape index (κ2) is 12.9. The predicted octanol–water partition coefficient (Wildman–Crippen LogP) is 8.11. The van der Waals surface area contributed by atoms with Gasteiger partial charge in [0.05, 0.1) is 12.1 Å². The molecule has 0 amide bonds. The quantitative estimate of drug-likeness (QED) is 0.271. The van der Waals surface area contributed by atoms with Gasteiger partial charge in [-0.3, -0.25) is 4.90 Å². The van der Waals surface area contributed by atoms with E-state index in [2.05, 4.69) is 21.9 Å². The number of anilines is 1. The maximum Gasteiger partial charge on any atom is 0.341 e. The fraction of sp³-hybridized carbons (Fsp3) is 0.344. The lowest BCUT2D eigenvalue weighted by Crippen LogP contribution is -2.47. The number of esters is 1. The molecule has 5 nitrogen and oxygen atoms in total. The van der Waals surface area contributed by atoms with Crippen LogP contribution in [0.4, 0.5) is 5.69 Å². The van der Waals surface area contributed by atoms with Gasteiger partial charge in [0.2, 0.25) is 0 Å². The molecule has 0 N–H and O–H groups in total. The van der Waals surface area contributed by atoms with Gasteiger partial charge in [-0.05, 0) is 73.2 Å². The first-order valence-electron chi connectivity index (χ1n) is 13.6. The topological polar surface area (TPSA) is 42.0 Å². The van der Waals surface area contributed by atoms with Gasteiger partial charge in [0, 0.05) is 49.5 Å². The molecule has 39 heavy (non-hydrogen) atoms.